The molecule has 0 bridgehead atoms. The molecule has 1 fully saturated rings. The summed E-state index contributed by atoms with van der Waals surface area (Å²) in [5.74, 6) is 0.787. The van der Waals surface area contributed by atoms with Gasteiger partial charge >= 0.3 is 6.03 Å². The third kappa shape index (κ3) is 2.79. The van der Waals surface area contributed by atoms with Crippen molar-refractivity contribution in [2.75, 3.05) is 31.1 Å². The number of amidine groups is 1. The Morgan fingerprint density at radius 1 is 1.20 bits per heavy atom. The van der Waals surface area contributed by atoms with E-state index < -0.39 is 0 Å². The highest BCUT2D eigenvalue weighted by Crippen LogP contribution is 2.30. The minimum absolute atomic E-state index is 0.0350. The number of hydrogen-bond acceptors (Lipinski definition) is 3. The average Bonchev–Trinajstić information content (AvgIpc) is 2.65. The van der Waals surface area contributed by atoms with Gasteiger partial charge in [-0.25, -0.2) is 4.79 Å². The minimum atomic E-state index is -0.129. The molecule has 132 valence electrons. The Hall–Kier alpha value is -2.37. The van der Waals surface area contributed by atoms with Gasteiger partial charge in [-0.1, -0.05) is 12.1 Å². The van der Waals surface area contributed by atoms with Crippen LogP contribution in [0.1, 0.15) is 38.2 Å². The summed E-state index contributed by atoms with van der Waals surface area (Å²) in [5.41, 5.74) is 1.74. The summed E-state index contributed by atoms with van der Waals surface area (Å²) < 4.78 is 0. The molecule has 0 spiro atoms. The number of carbonyl (C=O) groups excluding carboxylic acids is 2. The Labute approximate surface area is 148 Å². The van der Waals surface area contributed by atoms with Gasteiger partial charge in [-0.15, -0.1) is 0 Å². The lowest BCUT2D eigenvalue weighted by atomic mass is 10.0. The molecule has 6 nitrogen and oxygen atoms in total. The lowest BCUT2D eigenvalue weighted by Gasteiger charge is -2.40. The van der Waals surface area contributed by atoms with Crippen LogP contribution in [0, 0.1) is 0 Å². The number of para-hydroxylation sites is 1. The summed E-state index contributed by atoms with van der Waals surface area (Å²) in [6.45, 7) is 4.40. The molecule has 0 saturated carbocycles. The second-order valence-corrected chi connectivity index (χ2v) is 7.03. The van der Waals surface area contributed by atoms with Crippen molar-refractivity contribution in [3.63, 3.8) is 0 Å². The van der Waals surface area contributed by atoms with Crippen molar-refractivity contribution in [1.82, 2.24) is 9.80 Å². The SMILES string of the molecule is C[C@@H]1CCCCN1C(=O)CN1C(=O)N2CCCN=C2c2ccccc21. The average molecular weight is 340 g/mol. The molecule has 3 aliphatic rings. The first kappa shape index (κ1) is 16.1. The number of urea groups is 1. The molecule has 3 amide bonds. The third-order valence-corrected chi connectivity index (χ3v) is 5.37. The largest absolute Gasteiger partial charge is 0.338 e. The van der Waals surface area contributed by atoms with E-state index in [1.54, 1.807) is 9.80 Å². The molecule has 0 aliphatic carbocycles. The van der Waals surface area contributed by atoms with E-state index in [-0.39, 0.29) is 24.5 Å². The van der Waals surface area contributed by atoms with E-state index in [9.17, 15) is 9.59 Å². The van der Waals surface area contributed by atoms with E-state index >= 15 is 0 Å². The van der Waals surface area contributed by atoms with Gasteiger partial charge in [-0.05, 0) is 44.7 Å². The number of aliphatic imine (C=N–C) groups is 1. The normalized spacial score (nSPS) is 23.1. The zero-order valence-corrected chi connectivity index (χ0v) is 14.6. The molecule has 3 heterocycles. The Morgan fingerprint density at radius 2 is 2.04 bits per heavy atom. The predicted octanol–water partition coefficient (Wildman–Crippen LogP) is 2.48. The number of nitrogens with zero attached hydrogens (tertiary/aromatic N) is 4. The van der Waals surface area contributed by atoms with Crippen molar-refractivity contribution in [2.45, 2.75) is 38.6 Å². The molecule has 0 aromatic heterocycles. The maximum atomic E-state index is 13.0. The number of amides is 3. The first-order valence-corrected chi connectivity index (χ1v) is 9.19. The second-order valence-electron chi connectivity index (χ2n) is 7.03. The molecular weight excluding hydrogens is 316 g/mol. The summed E-state index contributed by atoms with van der Waals surface area (Å²) in [6, 6.07) is 7.89. The molecule has 0 unspecified atom stereocenters. The maximum absolute atomic E-state index is 13.0. The number of anilines is 1. The van der Waals surface area contributed by atoms with Crippen LogP contribution in [0.25, 0.3) is 0 Å². The lowest BCUT2D eigenvalue weighted by molar-refractivity contribution is -0.132. The number of benzene rings is 1. The standard InChI is InChI=1S/C19H24N4O2/c1-14-7-4-5-11-21(14)17(24)13-23-16-9-3-2-8-15(16)18-20-10-6-12-22(18)19(23)25/h2-3,8-9,14H,4-7,10-13H2,1H3/t14-/m1/s1. The van der Waals surface area contributed by atoms with Crippen LogP contribution < -0.4 is 4.90 Å². The molecule has 0 N–H and O–H groups in total. The van der Waals surface area contributed by atoms with Gasteiger partial charge in [0.2, 0.25) is 5.91 Å². The molecule has 25 heavy (non-hydrogen) atoms. The van der Waals surface area contributed by atoms with Crippen LogP contribution in [-0.2, 0) is 4.79 Å². The van der Waals surface area contributed by atoms with Crippen molar-refractivity contribution in [3.8, 4) is 0 Å². The molecule has 6 heteroatoms. The number of piperidine rings is 1. The highest BCUT2D eigenvalue weighted by atomic mass is 16.2. The minimum Gasteiger partial charge on any atom is -0.338 e. The number of rotatable bonds is 2. The van der Waals surface area contributed by atoms with E-state index in [0.29, 0.717) is 6.54 Å². The van der Waals surface area contributed by atoms with Crippen LogP contribution in [-0.4, -0.2) is 59.8 Å². The van der Waals surface area contributed by atoms with Gasteiger partial charge in [-0.3, -0.25) is 19.6 Å². The summed E-state index contributed by atoms with van der Waals surface area (Å²) in [6.07, 6.45) is 4.12. The zero-order valence-electron chi connectivity index (χ0n) is 14.6. The molecular formula is C19H24N4O2. The van der Waals surface area contributed by atoms with Crippen molar-refractivity contribution >= 4 is 23.5 Å². The van der Waals surface area contributed by atoms with Crippen LogP contribution in [0.2, 0.25) is 0 Å². The quantitative estimate of drug-likeness (QED) is 0.830. The highest BCUT2D eigenvalue weighted by Gasteiger charge is 2.37. The lowest BCUT2D eigenvalue weighted by Crippen LogP contribution is -2.56. The summed E-state index contributed by atoms with van der Waals surface area (Å²) in [7, 11) is 0. The van der Waals surface area contributed by atoms with Crippen LogP contribution in [0.5, 0.6) is 0 Å². The monoisotopic (exact) mass is 340 g/mol. The van der Waals surface area contributed by atoms with Gasteiger partial charge in [0, 0.05) is 31.2 Å². The number of carbonyl (C=O) groups is 2. The Bertz CT molecular complexity index is 730. The summed E-state index contributed by atoms with van der Waals surface area (Å²) in [5, 5.41) is 0. The fraction of sp³-hybridized carbons (Fsp3) is 0.526. The smallest absolute Gasteiger partial charge is 0.330 e. The number of fused-ring (bicyclic) bond motifs is 3. The predicted molar refractivity (Wildman–Crippen MR) is 96.9 cm³/mol. The summed E-state index contributed by atoms with van der Waals surface area (Å²) >= 11 is 0. The number of hydrogen-bond donors (Lipinski definition) is 0. The number of likely N-dealkylation sites (tertiary alicyclic amines) is 1. The topological polar surface area (TPSA) is 56.2 Å². The first-order valence-electron chi connectivity index (χ1n) is 9.19. The van der Waals surface area contributed by atoms with Crippen molar-refractivity contribution < 1.29 is 9.59 Å². The zero-order chi connectivity index (χ0) is 17.4. The van der Waals surface area contributed by atoms with Gasteiger partial charge in [0.1, 0.15) is 12.4 Å². The highest BCUT2D eigenvalue weighted by molar-refractivity contribution is 6.20. The van der Waals surface area contributed by atoms with Crippen LogP contribution >= 0.6 is 0 Å². The Balaban J connectivity index is 1.64. The molecule has 1 atom stereocenters. The van der Waals surface area contributed by atoms with Gasteiger partial charge in [0.15, 0.2) is 0 Å². The first-order chi connectivity index (χ1) is 12.2. The van der Waals surface area contributed by atoms with Crippen molar-refractivity contribution in [2.24, 2.45) is 4.99 Å². The van der Waals surface area contributed by atoms with E-state index in [1.807, 2.05) is 29.2 Å². The van der Waals surface area contributed by atoms with Crippen LogP contribution in [0.15, 0.2) is 29.3 Å². The molecule has 1 aromatic carbocycles. The molecule has 3 aliphatic heterocycles. The molecule has 4 rings (SSSR count). The maximum Gasteiger partial charge on any atom is 0.330 e. The molecule has 1 saturated heterocycles. The van der Waals surface area contributed by atoms with Gasteiger partial charge in [-0.2, -0.15) is 0 Å². The van der Waals surface area contributed by atoms with Crippen molar-refractivity contribution in [1.29, 1.82) is 0 Å². The summed E-state index contributed by atoms with van der Waals surface area (Å²) in [4.78, 5) is 35.7. The Morgan fingerprint density at radius 3 is 2.88 bits per heavy atom. The fourth-order valence-corrected chi connectivity index (χ4v) is 4.02. The van der Waals surface area contributed by atoms with Gasteiger partial charge < -0.3 is 4.90 Å². The van der Waals surface area contributed by atoms with Crippen LogP contribution in [0.3, 0.4) is 0 Å². The second kappa shape index (κ2) is 6.50. The van der Waals surface area contributed by atoms with Crippen LogP contribution in [0.4, 0.5) is 10.5 Å². The molecule has 1 aromatic rings. The molecule has 0 radical (unpaired) electrons. The Kier molecular flexibility index (Phi) is 4.19. The van der Waals surface area contributed by atoms with E-state index in [0.717, 1.165) is 49.4 Å². The van der Waals surface area contributed by atoms with E-state index in [1.165, 1.54) is 6.42 Å². The van der Waals surface area contributed by atoms with Crippen molar-refractivity contribution in [3.05, 3.63) is 29.8 Å². The third-order valence-electron chi connectivity index (χ3n) is 5.37. The fourth-order valence-electron chi connectivity index (χ4n) is 4.02. The van der Waals surface area contributed by atoms with Gasteiger partial charge in [0.25, 0.3) is 0 Å². The van der Waals surface area contributed by atoms with E-state index in [4.69, 9.17) is 0 Å². The van der Waals surface area contributed by atoms with Gasteiger partial charge in [0.05, 0.1) is 5.69 Å². The van der Waals surface area contributed by atoms with E-state index in [2.05, 4.69) is 11.9 Å².